The SMILES string of the molecule is Cc1ccc(C(C)(C)C)cc1S(=O)(=O)Nc1nc2ccccc2nc1Nc1ccc(Cl)c(Cl)c1. The fourth-order valence-electron chi connectivity index (χ4n) is 3.41. The minimum absolute atomic E-state index is 0.0744. The third-order valence-corrected chi connectivity index (χ3v) is 7.55. The fourth-order valence-corrected chi connectivity index (χ4v) is 4.99. The molecule has 0 atom stereocenters. The van der Waals surface area contributed by atoms with Crippen molar-refractivity contribution in [2.75, 3.05) is 10.0 Å². The number of para-hydroxylation sites is 2. The van der Waals surface area contributed by atoms with Gasteiger partial charge in [0, 0.05) is 5.69 Å². The highest BCUT2D eigenvalue weighted by atomic mass is 35.5. The Morgan fingerprint density at radius 3 is 2.09 bits per heavy atom. The Morgan fingerprint density at radius 2 is 1.47 bits per heavy atom. The zero-order chi connectivity index (χ0) is 24.7. The number of rotatable bonds is 5. The standard InChI is InChI=1S/C25H24Cl2N4O2S/c1-15-9-10-16(25(2,3)4)13-22(15)34(32,33)31-24-23(28-17-11-12-18(26)19(27)14-17)29-20-7-5-6-8-21(20)30-24/h5-14H,1-4H3,(H,28,29)(H,30,31). The third kappa shape index (κ3) is 5.12. The summed E-state index contributed by atoms with van der Waals surface area (Å²) in [6.45, 7) is 7.88. The van der Waals surface area contributed by atoms with Crippen molar-refractivity contribution in [3.05, 3.63) is 81.8 Å². The van der Waals surface area contributed by atoms with Crippen molar-refractivity contribution in [1.82, 2.24) is 9.97 Å². The van der Waals surface area contributed by atoms with E-state index >= 15 is 0 Å². The molecule has 4 rings (SSSR count). The lowest BCUT2D eigenvalue weighted by Gasteiger charge is -2.21. The van der Waals surface area contributed by atoms with Crippen LogP contribution in [0.5, 0.6) is 0 Å². The largest absolute Gasteiger partial charge is 0.337 e. The Bertz CT molecular complexity index is 1500. The molecule has 0 bridgehead atoms. The summed E-state index contributed by atoms with van der Waals surface area (Å²) in [5.74, 6) is 0.315. The van der Waals surface area contributed by atoms with Crippen molar-refractivity contribution in [3.8, 4) is 0 Å². The van der Waals surface area contributed by atoms with Crippen molar-refractivity contribution in [2.24, 2.45) is 0 Å². The van der Waals surface area contributed by atoms with Gasteiger partial charge in [0.1, 0.15) is 0 Å². The average molecular weight is 515 g/mol. The number of hydrogen-bond donors (Lipinski definition) is 2. The van der Waals surface area contributed by atoms with E-state index in [9.17, 15) is 8.42 Å². The van der Waals surface area contributed by atoms with Crippen molar-refractivity contribution < 1.29 is 8.42 Å². The summed E-state index contributed by atoms with van der Waals surface area (Å²) >= 11 is 12.2. The molecule has 0 fully saturated rings. The Balaban J connectivity index is 1.80. The molecular formula is C25H24Cl2N4O2S. The number of aryl methyl sites for hydroxylation is 1. The number of halogens is 2. The van der Waals surface area contributed by atoms with Crippen molar-refractivity contribution in [3.63, 3.8) is 0 Å². The summed E-state index contributed by atoms with van der Waals surface area (Å²) in [5.41, 5.74) is 3.09. The minimum atomic E-state index is -3.96. The monoisotopic (exact) mass is 514 g/mol. The van der Waals surface area contributed by atoms with Crippen molar-refractivity contribution in [2.45, 2.75) is 38.0 Å². The number of anilines is 3. The first-order valence-electron chi connectivity index (χ1n) is 10.6. The highest BCUT2D eigenvalue weighted by Gasteiger charge is 2.24. The van der Waals surface area contributed by atoms with Crippen molar-refractivity contribution >= 4 is 61.6 Å². The summed E-state index contributed by atoms with van der Waals surface area (Å²) in [4.78, 5) is 9.34. The van der Waals surface area contributed by atoms with Crippen LogP contribution in [-0.4, -0.2) is 18.4 Å². The molecule has 6 nitrogen and oxygen atoms in total. The zero-order valence-electron chi connectivity index (χ0n) is 19.1. The second kappa shape index (κ2) is 9.06. The maximum atomic E-state index is 13.5. The van der Waals surface area contributed by atoms with Gasteiger partial charge in [0.25, 0.3) is 10.0 Å². The van der Waals surface area contributed by atoms with E-state index in [0.29, 0.717) is 32.3 Å². The number of fused-ring (bicyclic) bond motifs is 1. The van der Waals surface area contributed by atoms with Gasteiger partial charge in [-0.05, 0) is 59.9 Å². The average Bonchev–Trinajstić information content (AvgIpc) is 2.76. The van der Waals surface area contributed by atoms with Gasteiger partial charge < -0.3 is 5.32 Å². The highest BCUT2D eigenvalue weighted by Crippen LogP contribution is 2.32. The number of nitrogens with one attached hydrogen (secondary N) is 2. The normalized spacial score (nSPS) is 12.1. The topological polar surface area (TPSA) is 84.0 Å². The molecule has 34 heavy (non-hydrogen) atoms. The lowest BCUT2D eigenvalue weighted by Crippen LogP contribution is -2.19. The second-order valence-corrected chi connectivity index (χ2v) is 11.5. The van der Waals surface area contributed by atoms with Gasteiger partial charge in [0.05, 0.1) is 26.0 Å². The predicted octanol–water partition coefficient (Wildman–Crippen LogP) is 7.09. The van der Waals surface area contributed by atoms with Crippen LogP contribution in [0.25, 0.3) is 11.0 Å². The van der Waals surface area contributed by atoms with Crippen LogP contribution in [0, 0.1) is 6.92 Å². The first kappa shape index (κ1) is 24.3. The number of hydrogen-bond acceptors (Lipinski definition) is 5. The van der Waals surface area contributed by atoms with Gasteiger partial charge in [-0.3, -0.25) is 4.72 Å². The molecule has 0 aliphatic heterocycles. The van der Waals surface area contributed by atoms with Gasteiger partial charge in [0.15, 0.2) is 11.6 Å². The van der Waals surface area contributed by atoms with Crippen LogP contribution < -0.4 is 10.0 Å². The molecule has 4 aromatic rings. The van der Waals surface area contributed by atoms with Crippen LogP contribution >= 0.6 is 23.2 Å². The fraction of sp³-hybridized carbons (Fsp3) is 0.200. The van der Waals surface area contributed by atoms with Crippen LogP contribution in [0.4, 0.5) is 17.3 Å². The first-order valence-corrected chi connectivity index (χ1v) is 12.8. The van der Waals surface area contributed by atoms with E-state index in [2.05, 4.69) is 20.0 Å². The number of nitrogens with zero attached hydrogens (tertiary/aromatic N) is 2. The quantitative estimate of drug-likeness (QED) is 0.297. The minimum Gasteiger partial charge on any atom is -0.337 e. The number of sulfonamides is 1. The van der Waals surface area contributed by atoms with Gasteiger partial charge in [-0.1, -0.05) is 68.2 Å². The molecule has 0 saturated carbocycles. The first-order chi connectivity index (χ1) is 15.9. The molecule has 0 spiro atoms. The molecule has 3 aromatic carbocycles. The number of aromatic nitrogens is 2. The Hall–Kier alpha value is -2.87. The molecule has 0 saturated heterocycles. The van der Waals surface area contributed by atoms with E-state index < -0.39 is 10.0 Å². The van der Waals surface area contributed by atoms with E-state index in [1.807, 2.05) is 45.0 Å². The highest BCUT2D eigenvalue weighted by molar-refractivity contribution is 7.92. The van der Waals surface area contributed by atoms with E-state index in [0.717, 1.165) is 5.56 Å². The van der Waals surface area contributed by atoms with E-state index in [-0.39, 0.29) is 21.9 Å². The molecule has 0 unspecified atom stereocenters. The van der Waals surface area contributed by atoms with Gasteiger partial charge in [0.2, 0.25) is 0 Å². The maximum absolute atomic E-state index is 13.5. The van der Waals surface area contributed by atoms with Crippen molar-refractivity contribution in [1.29, 1.82) is 0 Å². The molecule has 0 amide bonds. The molecule has 2 N–H and O–H groups in total. The summed E-state index contributed by atoms with van der Waals surface area (Å²) in [6, 6.07) is 17.7. The summed E-state index contributed by atoms with van der Waals surface area (Å²) in [7, 11) is -3.96. The summed E-state index contributed by atoms with van der Waals surface area (Å²) in [6.07, 6.45) is 0. The summed E-state index contributed by atoms with van der Waals surface area (Å²) in [5, 5.41) is 3.88. The molecule has 176 valence electrons. The zero-order valence-corrected chi connectivity index (χ0v) is 21.5. The molecule has 9 heteroatoms. The molecule has 0 aliphatic carbocycles. The van der Waals surface area contributed by atoms with Crippen LogP contribution in [-0.2, 0) is 15.4 Å². The van der Waals surface area contributed by atoms with E-state index in [1.165, 1.54) is 0 Å². The van der Waals surface area contributed by atoms with E-state index in [1.54, 1.807) is 43.3 Å². The van der Waals surface area contributed by atoms with Gasteiger partial charge in [-0.25, -0.2) is 18.4 Å². The maximum Gasteiger partial charge on any atom is 0.263 e. The third-order valence-electron chi connectivity index (χ3n) is 5.33. The number of benzene rings is 3. The van der Waals surface area contributed by atoms with Crippen LogP contribution in [0.1, 0.15) is 31.9 Å². The van der Waals surface area contributed by atoms with Crippen LogP contribution in [0.2, 0.25) is 10.0 Å². The van der Waals surface area contributed by atoms with Gasteiger partial charge in [-0.15, -0.1) is 0 Å². The Kier molecular flexibility index (Phi) is 6.46. The second-order valence-electron chi connectivity index (χ2n) is 9.00. The summed E-state index contributed by atoms with van der Waals surface area (Å²) < 4.78 is 29.6. The Labute approximate surface area is 209 Å². The van der Waals surface area contributed by atoms with Gasteiger partial charge >= 0.3 is 0 Å². The molecule has 0 aliphatic rings. The smallest absolute Gasteiger partial charge is 0.263 e. The lowest BCUT2D eigenvalue weighted by molar-refractivity contribution is 0.584. The predicted molar refractivity (Wildman–Crippen MR) is 140 cm³/mol. The van der Waals surface area contributed by atoms with Crippen LogP contribution in [0.15, 0.2) is 65.6 Å². The molecule has 1 aromatic heterocycles. The molecule has 1 heterocycles. The van der Waals surface area contributed by atoms with Gasteiger partial charge in [-0.2, -0.15) is 0 Å². The lowest BCUT2D eigenvalue weighted by atomic mass is 9.87. The Morgan fingerprint density at radius 1 is 0.824 bits per heavy atom. The molecular weight excluding hydrogens is 491 g/mol. The molecule has 0 radical (unpaired) electrons. The van der Waals surface area contributed by atoms with Crippen LogP contribution in [0.3, 0.4) is 0 Å². The van der Waals surface area contributed by atoms with E-state index in [4.69, 9.17) is 23.2 Å².